The Hall–Kier alpha value is -3.49. The van der Waals surface area contributed by atoms with Crippen LogP contribution >= 0.6 is 0 Å². The van der Waals surface area contributed by atoms with Crippen molar-refractivity contribution in [2.24, 2.45) is 4.99 Å². The van der Waals surface area contributed by atoms with Crippen molar-refractivity contribution in [3.8, 4) is 0 Å². The molecule has 0 bridgehead atoms. The molecule has 0 aliphatic carbocycles. The van der Waals surface area contributed by atoms with E-state index in [0.29, 0.717) is 23.4 Å². The van der Waals surface area contributed by atoms with Crippen molar-refractivity contribution in [3.63, 3.8) is 0 Å². The molecule has 0 spiro atoms. The van der Waals surface area contributed by atoms with Gasteiger partial charge >= 0.3 is 0 Å². The minimum Gasteiger partial charge on any atom is -0.465 e. The Bertz CT molecular complexity index is 1090. The summed E-state index contributed by atoms with van der Waals surface area (Å²) < 4.78 is 7.04. The summed E-state index contributed by atoms with van der Waals surface area (Å²) in [5.41, 5.74) is 7.20. The van der Waals surface area contributed by atoms with Crippen LogP contribution in [0.3, 0.4) is 0 Å². The normalized spacial score (nSPS) is 14.3. The number of hydrogen-bond donors (Lipinski definition) is 2. The Morgan fingerprint density at radius 3 is 2.85 bits per heavy atom. The molecule has 9 heteroatoms. The Morgan fingerprint density at radius 1 is 1.33 bits per heavy atom. The highest BCUT2D eigenvalue weighted by atomic mass is 16.3. The highest BCUT2D eigenvalue weighted by Crippen LogP contribution is 2.26. The lowest BCUT2D eigenvalue weighted by atomic mass is 10.1. The Kier molecular flexibility index (Phi) is 3.79. The number of nitrogen functional groups attached to an aromatic ring is 1. The maximum atomic E-state index is 12.9. The van der Waals surface area contributed by atoms with Gasteiger partial charge in [-0.2, -0.15) is 5.10 Å². The van der Waals surface area contributed by atoms with Crippen molar-refractivity contribution in [1.29, 1.82) is 0 Å². The van der Waals surface area contributed by atoms with E-state index in [1.165, 1.54) is 6.33 Å². The molecular formula is C18H19N7O2. The third kappa shape index (κ3) is 2.97. The van der Waals surface area contributed by atoms with Crippen molar-refractivity contribution in [2.75, 3.05) is 12.3 Å². The molecule has 0 atom stereocenters. The van der Waals surface area contributed by atoms with Crippen molar-refractivity contribution in [1.82, 2.24) is 25.1 Å². The summed E-state index contributed by atoms with van der Waals surface area (Å²) in [7, 11) is 0. The molecule has 1 aliphatic heterocycles. The number of fused-ring (bicyclic) bond motifs is 1. The lowest BCUT2D eigenvalue weighted by Gasteiger charge is -2.19. The second kappa shape index (κ2) is 6.04. The Labute approximate surface area is 155 Å². The van der Waals surface area contributed by atoms with Crippen molar-refractivity contribution in [3.05, 3.63) is 42.3 Å². The van der Waals surface area contributed by atoms with Gasteiger partial charge in [-0.05, 0) is 39.0 Å². The molecule has 1 aliphatic rings. The largest absolute Gasteiger partial charge is 0.465 e. The quantitative estimate of drug-likeness (QED) is 0.715. The molecule has 0 fully saturated rings. The zero-order chi connectivity index (χ0) is 19.2. The average molecular weight is 365 g/mol. The fourth-order valence-corrected chi connectivity index (χ4v) is 2.89. The molecular weight excluding hydrogens is 346 g/mol. The minimum atomic E-state index is -0.416. The number of carbonyl (C=O) groups is 1. The van der Waals surface area contributed by atoms with E-state index in [0.717, 1.165) is 11.3 Å². The van der Waals surface area contributed by atoms with Crippen LogP contribution in [0.4, 0.5) is 5.82 Å². The van der Waals surface area contributed by atoms with Gasteiger partial charge < -0.3 is 15.5 Å². The molecule has 27 heavy (non-hydrogen) atoms. The summed E-state index contributed by atoms with van der Waals surface area (Å²) in [6, 6.07) is 3.66. The van der Waals surface area contributed by atoms with Crippen LogP contribution in [0.5, 0.6) is 0 Å². The van der Waals surface area contributed by atoms with E-state index in [2.05, 4.69) is 25.4 Å². The first-order valence-electron chi connectivity index (χ1n) is 8.44. The summed E-state index contributed by atoms with van der Waals surface area (Å²) >= 11 is 0. The van der Waals surface area contributed by atoms with Gasteiger partial charge in [-0.25, -0.2) is 14.6 Å². The lowest BCUT2D eigenvalue weighted by molar-refractivity contribution is 0.0972. The number of nitrogens with two attached hydrogens (primary N) is 1. The molecule has 138 valence electrons. The molecule has 3 aromatic heterocycles. The SMILES string of the molecule is CC(C)(C)n1nc(C(=O)NC2=NCC(c3ccco3)=C2)c2c(N)ncnc21. The van der Waals surface area contributed by atoms with Crippen molar-refractivity contribution in [2.45, 2.75) is 26.3 Å². The van der Waals surface area contributed by atoms with E-state index in [9.17, 15) is 4.79 Å². The summed E-state index contributed by atoms with van der Waals surface area (Å²) in [4.78, 5) is 25.5. The van der Waals surface area contributed by atoms with E-state index in [1.807, 2.05) is 26.8 Å². The molecule has 0 unspecified atom stereocenters. The first kappa shape index (κ1) is 17.0. The van der Waals surface area contributed by atoms with Gasteiger partial charge in [0.1, 0.15) is 23.7 Å². The van der Waals surface area contributed by atoms with Gasteiger partial charge in [0.05, 0.1) is 23.7 Å². The van der Waals surface area contributed by atoms with Crippen LogP contribution in [0.1, 0.15) is 37.0 Å². The fourth-order valence-electron chi connectivity index (χ4n) is 2.89. The summed E-state index contributed by atoms with van der Waals surface area (Å²) in [5, 5.41) is 7.67. The molecule has 0 saturated heterocycles. The zero-order valence-corrected chi connectivity index (χ0v) is 15.2. The Balaban J connectivity index is 1.68. The smallest absolute Gasteiger partial charge is 0.278 e. The number of aromatic nitrogens is 4. The van der Waals surface area contributed by atoms with Gasteiger partial charge in [-0.1, -0.05) is 0 Å². The molecule has 4 heterocycles. The van der Waals surface area contributed by atoms with E-state index in [1.54, 1.807) is 23.1 Å². The summed E-state index contributed by atoms with van der Waals surface area (Å²) in [6.45, 7) is 6.35. The Morgan fingerprint density at radius 2 is 2.15 bits per heavy atom. The van der Waals surface area contributed by atoms with Gasteiger partial charge in [0.25, 0.3) is 5.91 Å². The van der Waals surface area contributed by atoms with Crippen LogP contribution in [0.25, 0.3) is 16.6 Å². The van der Waals surface area contributed by atoms with Crippen LogP contribution in [-0.2, 0) is 5.54 Å². The molecule has 1 amide bonds. The van der Waals surface area contributed by atoms with E-state index < -0.39 is 5.91 Å². The van der Waals surface area contributed by atoms with E-state index in [4.69, 9.17) is 10.2 Å². The number of anilines is 1. The fraction of sp³-hybridized carbons (Fsp3) is 0.278. The first-order chi connectivity index (χ1) is 12.8. The van der Waals surface area contributed by atoms with Gasteiger partial charge in [-0.15, -0.1) is 0 Å². The number of hydrogen-bond acceptors (Lipinski definition) is 7. The summed E-state index contributed by atoms with van der Waals surface area (Å²) in [6.07, 6.45) is 4.74. The maximum absolute atomic E-state index is 12.9. The van der Waals surface area contributed by atoms with Crippen LogP contribution in [0.15, 0.2) is 40.2 Å². The third-order valence-electron chi connectivity index (χ3n) is 4.15. The second-order valence-electron chi connectivity index (χ2n) is 7.19. The zero-order valence-electron chi connectivity index (χ0n) is 15.2. The molecule has 0 radical (unpaired) electrons. The van der Waals surface area contributed by atoms with Crippen molar-refractivity contribution >= 4 is 34.2 Å². The average Bonchev–Trinajstić information content (AvgIpc) is 3.33. The van der Waals surface area contributed by atoms with Gasteiger partial charge in [0, 0.05) is 5.57 Å². The molecule has 4 rings (SSSR count). The first-order valence-corrected chi connectivity index (χ1v) is 8.44. The van der Waals surface area contributed by atoms with Crippen molar-refractivity contribution < 1.29 is 9.21 Å². The van der Waals surface area contributed by atoms with Crippen LogP contribution in [0.2, 0.25) is 0 Å². The molecule has 0 aromatic carbocycles. The number of nitrogens with one attached hydrogen (secondary N) is 1. The number of aliphatic imine (C=N–C) groups is 1. The lowest BCUT2D eigenvalue weighted by Crippen LogP contribution is -2.30. The number of carbonyl (C=O) groups excluding carboxylic acids is 1. The number of nitrogens with zero attached hydrogens (tertiary/aromatic N) is 5. The van der Waals surface area contributed by atoms with Gasteiger partial charge in [0.15, 0.2) is 11.3 Å². The van der Waals surface area contributed by atoms with Crippen LogP contribution in [-0.4, -0.2) is 38.0 Å². The van der Waals surface area contributed by atoms with Crippen LogP contribution < -0.4 is 11.1 Å². The topological polar surface area (TPSA) is 124 Å². The molecule has 3 aromatic rings. The van der Waals surface area contributed by atoms with E-state index >= 15 is 0 Å². The second-order valence-corrected chi connectivity index (χ2v) is 7.19. The highest BCUT2D eigenvalue weighted by Gasteiger charge is 2.27. The van der Waals surface area contributed by atoms with E-state index in [-0.39, 0.29) is 17.1 Å². The highest BCUT2D eigenvalue weighted by molar-refractivity contribution is 6.17. The monoisotopic (exact) mass is 365 g/mol. The van der Waals surface area contributed by atoms with Gasteiger partial charge in [0.2, 0.25) is 0 Å². The minimum absolute atomic E-state index is 0.167. The molecule has 0 saturated carbocycles. The number of amidine groups is 1. The number of rotatable bonds is 2. The van der Waals surface area contributed by atoms with Gasteiger partial charge in [-0.3, -0.25) is 9.79 Å². The van der Waals surface area contributed by atoms with Crippen LogP contribution in [0, 0.1) is 0 Å². The maximum Gasteiger partial charge on any atom is 0.278 e. The standard InChI is InChI=1S/C18H19N7O2/c1-18(2,3)25-16-13(15(19)21-9-22-16)14(24-25)17(26)23-12-7-10(8-20-12)11-5-4-6-27-11/h4-7,9H,8H2,1-3H3,(H2,19,21,22)(H,20,23,26). The third-order valence-corrected chi connectivity index (χ3v) is 4.15. The predicted octanol–water partition coefficient (Wildman–Crippen LogP) is 1.98. The molecule has 9 nitrogen and oxygen atoms in total. The number of amides is 1. The predicted molar refractivity (Wildman–Crippen MR) is 101 cm³/mol. The summed E-state index contributed by atoms with van der Waals surface area (Å²) in [5.74, 6) is 0.962. The number of furan rings is 1. The molecule has 3 N–H and O–H groups in total.